The first-order chi connectivity index (χ1) is 20.6. The lowest BCUT2D eigenvalue weighted by molar-refractivity contribution is -0.134. The van der Waals surface area contributed by atoms with E-state index in [9.17, 15) is 23.1 Å². The molecule has 9 nitrogen and oxygen atoms in total. The van der Waals surface area contributed by atoms with Gasteiger partial charge in [0, 0.05) is 35.2 Å². The molecule has 0 radical (unpaired) electrons. The number of amides is 1. The van der Waals surface area contributed by atoms with Crippen LogP contribution in [-0.2, 0) is 9.53 Å². The van der Waals surface area contributed by atoms with Gasteiger partial charge in [-0.15, -0.1) is 11.8 Å². The van der Waals surface area contributed by atoms with Crippen molar-refractivity contribution in [1.82, 2.24) is 0 Å². The quantitative estimate of drug-likeness (QED) is 0.101. The summed E-state index contributed by atoms with van der Waals surface area (Å²) in [6, 6.07) is 10.5. The Hall–Kier alpha value is -2.93. The molecule has 2 aromatic carbocycles. The van der Waals surface area contributed by atoms with Crippen LogP contribution in [0.25, 0.3) is 0 Å². The Morgan fingerprint density at radius 3 is 2.25 bits per heavy atom. The van der Waals surface area contributed by atoms with Crippen LogP contribution in [-0.4, -0.2) is 50.4 Å². The highest BCUT2D eigenvalue weighted by Gasteiger charge is 2.42. The molecule has 4 N–H and O–H groups in total. The van der Waals surface area contributed by atoms with E-state index in [4.69, 9.17) is 14.6 Å². The van der Waals surface area contributed by atoms with Crippen molar-refractivity contribution in [3.63, 3.8) is 0 Å². The summed E-state index contributed by atoms with van der Waals surface area (Å²) >= 11 is 1.31. The molecular formula is C32H45FN2O7S2. The van der Waals surface area contributed by atoms with Crippen LogP contribution >= 0.6 is 22.4 Å². The third kappa shape index (κ3) is 9.29. The van der Waals surface area contributed by atoms with Gasteiger partial charge in [-0.3, -0.25) is 14.4 Å². The number of anilines is 3. The van der Waals surface area contributed by atoms with Crippen LogP contribution in [0.3, 0.4) is 0 Å². The molecular weight excluding hydrogens is 607 g/mol. The van der Waals surface area contributed by atoms with E-state index >= 15 is 0 Å². The molecule has 0 saturated carbocycles. The van der Waals surface area contributed by atoms with Gasteiger partial charge in [-0.05, 0) is 70.2 Å². The normalized spacial score (nSPS) is 16.8. The van der Waals surface area contributed by atoms with Crippen LogP contribution in [0.15, 0.2) is 58.3 Å². The Kier molecular flexibility index (Phi) is 12.0. The molecule has 3 rings (SSSR count). The fraction of sp³-hybridized carbons (Fsp3) is 0.500. The first-order valence-electron chi connectivity index (χ1n) is 14.7. The minimum Gasteiger partial charge on any atom is -0.476 e. The van der Waals surface area contributed by atoms with Gasteiger partial charge in [-0.1, -0.05) is 39.5 Å². The topological polar surface area (TPSA) is 129 Å². The number of ether oxygens (including phenoxy) is 2. The van der Waals surface area contributed by atoms with Gasteiger partial charge < -0.3 is 19.5 Å². The number of carbonyl (C=O) groups excluding carboxylic acids is 1. The number of benzene rings is 2. The van der Waals surface area contributed by atoms with Crippen LogP contribution in [0.2, 0.25) is 0 Å². The molecule has 0 saturated heterocycles. The molecule has 0 aliphatic carbocycles. The Morgan fingerprint density at radius 1 is 1.11 bits per heavy atom. The molecule has 244 valence electrons. The van der Waals surface area contributed by atoms with Crippen LogP contribution < -0.4 is 15.0 Å². The van der Waals surface area contributed by atoms with Gasteiger partial charge in [0.05, 0.1) is 15.5 Å². The zero-order chi connectivity index (χ0) is 32.7. The van der Waals surface area contributed by atoms with E-state index in [1.165, 1.54) is 17.8 Å². The standard InChI is InChI=1S/C32H45FN2O7S2/c1-7-9-15-32(16-10-8-2)20-35(23-13-11-22(12-14-23)34-30(38)42-31(3,4)5)25-17-27(43-6)26(41-19-24(33)29(36)37)18-28(25)44(39,40)21-32/h11-14,17-19,39-40H,7-10,15-16,20-21H2,1-6H3,(H,34,38)(H,36,37)/b24-19-. The number of nitrogens with one attached hydrogen (secondary N) is 1. The highest BCUT2D eigenvalue weighted by molar-refractivity contribution is 8.24. The van der Waals surface area contributed by atoms with Crippen molar-refractivity contribution in [3.8, 4) is 5.75 Å². The molecule has 0 aromatic heterocycles. The summed E-state index contributed by atoms with van der Waals surface area (Å²) in [4.78, 5) is 26.2. The maximum atomic E-state index is 13.8. The first-order valence-corrected chi connectivity index (χ1v) is 17.7. The second-order valence-corrected chi connectivity index (χ2v) is 15.0. The lowest BCUT2D eigenvalue weighted by Gasteiger charge is -2.42. The lowest BCUT2D eigenvalue weighted by atomic mass is 9.79. The van der Waals surface area contributed by atoms with Crippen molar-refractivity contribution in [2.45, 2.75) is 88.5 Å². The van der Waals surface area contributed by atoms with E-state index in [2.05, 4.69) is 24.1 Å². The Morgan fingerprint density at radius 2 is 1.73 bits per heavy atom. The third-order valence-corrected chi connectivity index (χ3v) is 10.1. The molecule has 2 aromatic rings. The van der Waals surface area contributed by atoms with E-state index in [-0.39, 0.29) is 16.4 Å². The average Bonchev–Trinajstić information content (AvgIpc) is 3.04. The largest absolute Gasteiger partial charge is 0.476 e. The zero-order valence-electron chi connectivity index (χ0n) is 26.3. The Labute approximate surface area is 265 Å². The molecule has 0 atom stereocenters. The average molecular weight is 653 g/mol. The van der Waals surface area contributed by atoms with E-state index in [0.29, 0.717) is 29.1 Å². The van der Waals surface area contributed by atoms with Crippen molar-refractivity contribution in [3.05, 3.63) is 48.5 Å². The summed E-state index contributed by atoms with van der Waals surface area (Å²) in [7, 11) is -3.37. The fourth-order valence-electron chi connectivity index (χ4n) is 5.30. The molecule has 0 spiro atoms. The number of hydrogen-bond donors (Lipinski definition) is 4. The maximum Gasteiger partial charge on any atom is 0.412 e. The number of unbranched alkanes of at least 4 members (excludes halogenated alkanes) is 2. The highest BCUT2D eigenvalue weighted by Crippen LogP contribution is 2.62. The lowest BCUT2D eigenvalue weighted by Crippen LogP contribution is -2.37. The van der Waals surface area contributed by atoms with Gasteiger partial charge in [0.15, 0.2) is 0 Å². The molecule has 0 bridgehead atoms. The van der Waals surface area contributed by atoms with Crippen molar-refractivity contribution >= 4 is 51.5 Å². The minimum atomic E-state index is -3.37. The van der Waals surface area contributed by atoms with E-state index in [1.54, 1.807) is 45.2 Å². The number of carboxylic acids is 1. The molecule has 0 fully saturated rings. The van der Waals surface area contributed by atoms with Crippen molar-refractivity contribution in [2.75, 3.05) is 28.8 Å². The number of halogens is 1. The summed E-state index contributed by atoms with van der Waals surface area (Å²) in [6.07, 6.45) is 7.10. The van der Waals surface area contributed by atoms with E-state index < -0.39 is 39.5 Å². The van der Waals surface area contributed by atoms with Gasteiger partial charge in [0.25, 0.3) is 0 Å². The second kappa shape index (κ2) is 14.9. The highest BCUT2D eigenvalue weighted by atomic mass is 32.3. The third-order valence-electron chi connectivity index (χ3n) is 7.33. The number of hydrogen-bond acceptors (Lipinski definition) is 8. The minimum absolute atomic E-state index is 0.124. The molecule has 0 unspecified atom stereocenters. The van der Waals surface area contributed by atoms with Gasteiger partial charge in [-0.2, -0.15) is 15.0 Å². The SMILES string of the molecule is CCCCC1(CCCC)CN(c2ccc(NC(=O)OC(C)(C)C)cc2)c2cc(SC)c(O/C=C(\F)C(=O)O)cc2S(O)(O)C1. The van der Waals surface area contributed by atoms with Crippen molar-refractivity contribution in [2.24, 2.45) is 5.41 Å². The predicted octanol–water partition coefficient (Wildman–Crippen LogP) is 9.66. The van der Waals surface area contributed by atoms with Crippen LogP contribution in [0.4, 0.5) is 26.2 Å². The monoisotopic (exact) mass is 652 g/mol. The van der Waals surface area contributed by atoms with Crippen molar-refractivity contribution in [1.29, 1.82) is 0 Å². The number of carbonyl (C=O) groups is 2. The summed E-state index contributed by atoms with van der Waals surface area (Å²) in [5, 5.41) is 11.7. The summed E-state index contributed by atoms with van der Waals surface area (Å²) in [6.45, 7) is 10.1. The van der Waals surface area contributed by atoms with E-state index in [1.807, 2.05) is 12.1 Å². The molecule has 12 heteroatoms. The summed E-state index contributed by atoms with van der Waals surface area (Å²) in [5.41, 5.74) is 0.843. The molecule has 1 amide bonds. The smallest absolute Gasteiger partial charge is 0.412 e. The van der Waals surface area contributed by atoms with Gasteiger partial charge in [0.2, 0.25) is 5.83 Å². The van der Waals surface area contributed by atoms with Crippen molar-refractivity contribution < 1.29 is 37.7 Å². The van der Waals surface area contributed by atoms with Crippen LogP contribution in [0, 0.1) is 5.41 Å². The van der Waals surface area contributed by atoms with Gasteiger partial charge >= 0.3 is 12.1 Å². The zero-order valence-corrected chi connectivity index (χ0v) is 27.9. The predicted molar refractivity (Wildman–Crippen MR) is 176 cm³/mol. The number of thioether (sulfide) groups is 1. The van der Waals surface area contributed by atoms with E-state index in [0.717, 1.165) is 44.2 Å². The number of nitrogens with zero attached hydrogens (tertiary/aromatic N) is 1. The summed E-state index contributed by atoms with van der Waals surface area (Å²) in [5.74, 6) is -2.96. The fourth-order valence-corrected chi connectivity index (χ4v) is 8.03. The molecule has 1 aliphatic heterocycles. The first kappa shape index (κ1) is 35.5. The number of rotatable bonds is 12. The number of fused-ring (bicyclic) bond motifs is 1. The Balaban J connectivity index is 2.16. The van der Waals surface area contributed by atoms with Gasteiger partial charge in [0.1, 0.15) is 17.6 Å². The van der Waals surface area contributed by atoms with Crippen LogP contribution in [0.1, 0.15) is 73.1 Å². The molecule has 1 heterocycles. The Bertz CT molecular complexity index is 1340. The molecule has 44 heavy (non-hydrogen) atoms. The number of carboxylic acid groups (broad SMARTS) is 1. The van der Waals surface area contributed by atoms with Gasteiger partial charge in [-0.25, -0.2) is 9.59 Å². The number of aliphatic carboxylic acids is 1. The molecule has 1 aliphatic rings. The summed E-state index contributed by atoms with van der Waals surface area (Å²) < 4.78 is 48.2. The van der Waals surface area contributed by atoms with Crippen LogP contribution in [0.5, 0.6) is 5.75 Å². The maximum absolute atomic E-state index is 13.8. The second-order valence-electron chi connectivity index (χ2n) is 12.1.